The molecule has 1 N–H and O–H groups in total. The largest absolute Gasteiger partial charge is 0.489 e. The summed E-state index contributed by atoms with van der Waals surface area (Å²) in [5.74, 6) is 0.419. The van der Waals surface area contributed by atoms with Crippen LogP contribution in [0.5, 0.6) is 11.6 Å². The van der Waals surface area contributed by atoms with Crippen molar-refractivity contribution in [3.05, 3.63) is 57.7 Å². The van der Waals surface area contributed by atoms with Crippen molar-refractivity contribution >= 4 is 23.1 Å². The van der Waals surface area contributed by atoms with Crippen molar-refractivity contribution in [2.24, 2.45) is 5.92 Å². The summed E-state index contributed by atoms with van der Waals surface area (Å²) in [7, 11) is 0. The summed E-state index contributed by atoms with van der Waals surface area (Å²) in [5, 5.41) is 9.65. The Kier molecular flexibility index (Phi) is 6.72. The van der Waals surface area contributed by atoms with E-state index >= 15 is 0 Å². The smallest absolute Gasteiger partial charge is 0.309 e. The number of likely N-dealkylation sites (tertiary alicyclic amines) is 1. The van der Waals surface area contributed by atoms with Gasteiger partial charge >= 0.3 is 5.97 Å². The van der Waals surface area contributed by atoms with Crippen LogP contribution in [0.25, 0.3) is 5.57 Å². The van der Waals surface area contributed by atoms with E-state index < -0.39 is 5.97 Å². The molecule has 0 saturated carbocycles. The van der Waals surface area contributed by atoms with E-state index in [1.54, 1.807) is 12.3 Å². The molecule has 1 saturated heterocycles. The monoisotopic (exact) mass is 456 g/mol. The van der Waals surface area contributed by atoms with Gasteiger partial charge in [0.05, 0.1) is 17.0 Å². The number of carboxylic acid groups (broad SMARTS) is 1. The number of rotatable bonds is 8. The number of hydrogen-bond donors (Lipinski definition) is 1. The molecular weight excluding hydrogens is 428 g/mol. The molecule has 6 nitrogen and oxygen atoms in total. The number of benzene rings is 1. The van der Waals surface area contributed by atoms with E-state index in [-0.39, 0.29) is 12.0 Å². The van der Waals surface area contributed by atoms with Gasteiger partial charge in [0.2, 0.25) is 5.88 Å². The van der Waals surface area contributed by atoms with Crippen molar-refractivity contribution < 1.29 is 19.4 Å². The van der Waals surface area contributed by atoms with E-state index in [1.165, 1.54) is 22.3 Å². The second-order valence-electron chi connectivity index (χ2n) is 8.85. The molecule has 0 bridgehead atoms. The van der Waals surface area contributed by atoms with Crippen LogP contribution < -0.4 is 9.47 Å². The molecule has 0 atom stereocenters. The number of ether oxygens (including phenoxy) is 2. The van der Waals surface area contributed by atoms with Gasteiger partial charge < -0.3 is 14.6 Å². The number of hydrogen-bond acceptors (Lipinski definition) is 5. The molecule has 2 aliphatic rings. The Hall–Kier alpha value is -2.57. The van der Waals surface area contributed by atoms with Gasteiger partial charge in [-0.25, -0.2) is 4.98 Å². The zero-order chi connectivity index (χ0) is 22.8. The van der Waals surface area contributed by atoms with Crippen LogP contribution in [0.1, 0.15) is 43.9 Å². The fourth-order valence-electron chi connectivity index (χ4n) is 4.23. The third kappa shape index (κ3) is 5.08. The lowest BCUT2D eigenvalue weighted by Crippen LogP contribution is -2.50. The topological polar surface area (TPSA) is 71.9 Å². The highest BCUT2D eigenvalue weighted by atomic mass is 35.5. The lowest BCUT2D eigenvalue weighted by Gasteiger charge is -2.38. The standard InChI is InChI=1S/C25H29ClN2O4/c1-15(2)32-24-9-23(26)19(10-27-24)14-31-21-6-7-22-16(3)18(5-4-17(22)8-21)11-28-12-20(13-28)25(29)30/h6-10,15,20H,4-5,11-14H2,1-3H3,(H,29,30). The molecule has 1 aliphatic heterocycles. The third-order valence-corrected chi connectivity index (χ3v) is 6.44. The van der Waals surface area contributed by atoms with E-state index in [0.29, 0.717) is 30.6 Å². The van der Waals surface area contributed by atoms with Gasteiger partial charge in [-0.05, 0) is 62.4 Å². The van der Waals surface area contributed by atoms with Crippen LogP contribution in [0.4, 0.5) is 0 Å². The van der Waals surface area contributed by atoms with Crippen LogP contribution >= 0.6 is 11.6 Å². The Balaban J connectivity index is 1.39. The first kappa shape index (κ1) is 22.6. The molecule has 1 aromatic heterocycles. The quantitative estimate of drug-likeness (QED) is 0.613. The molecule has 0 radical (unpaired) electrons. The van der Waals surface area contributed by atoms with Crippen LogP contribution in [0, 0.1) is 5.92 Å². The summed E-state index contributed by atoms with van der Waals surface area (Å²) in [5.41, 5.74) is 6.04. The molecule has 7 heteroatoms. The summed E-state index contributed by atoms with van der Waals surface area (Å²) in [4.78, 5) is 17.5. The van der Waals surface area contributed by atoms with Crippen LogP contribution in [0.3, 0.4) is 0 Å². The van der Waals surface area contributed by atoms with Gasteiger partial charge in [-0.15, -0.1) is 0 Å². The van der Waals surface area contributed by atoms with Crippen molar-refractivity contribution in [3.63, 3.8) is 0 Å². The van der Waals surface area contributed by atoms with Crippen LogP contribution in [0.2, 0.25) is 5.02 Å². The number of carboxylic acids is 1. The molecule has 1 aromatic carbocycles. The number of pyridine rings is 1. The highest BCUT2D eigenvalue weighted by molar-refractivity contribution is 6.31. The lowest BCUT2D eigenvalue weighted by molar-refractivity contribution is -0.147. The van der Waals surface area contributed by atoms with Crippen molar-refractivity contribution in [2.75, 3.05) is 19.6 Å². The van der Waals surface area contributed by atoms with E-state index in [1.807, 2.05) is 19.9 Å². The van der Waals surface area contributed by atoms with Crippen molar-refractivity contribution in [3.8, 4) is 11.6 Å². The maximum absolute atomic E-state index is 11.0. The van der Waals surface area contributed by atoms with Crippen LogP contribution in [0.15, 0.2) is 36.0 Å². The number of nitrogens with zero attached hydrogens (tertiary/aromatic N) is 2. The minimum absolute atomic E-state index is 0.0433. The normalized spacial score (nSPS) is 16.7. The van der Waals surface area contributed by atoms with Crippen LogP contribution in [-0.2, 0) is 17.8 Å². The lowest BCUT2D eigenvalue weighted by atomic mass is 9.85. The van der Waals surface area contributed by atoms with Gasteiger partial charge in [-0.2, -0.15) is 0 Å². The minimum Gasteiger partial charge on any atom is -0.489 e. The highest BCUT2D eigenvalue weighted by Crippen LogP contribution is 2.35. The molecule has 2 aromatic rings. The van der Waals surface area contributed by atoms with Gasteiger partial charge in [0.1, 0.15) is 12.4 Å². The Morgan fingerprint density at radius 2 is 2.06 bits per heavy atom. The van der Waals surface area contributed by atoms with Gasteiger partial charge in [-0.1, -0.05) is 23.2 Å². The Morgan fingerprint density at radius 1 is 1.28 bits per heavy atom. The molecule has 0 amide bonds. The first-order valence-electron chi connectivity index (χ1n) is 11.0. The van der Waals surface area contributed by atoms with Crippen molar-refractivity contribution in [2.45, 2.75) is 46.3 Å². The first-order chi connectivity index (χ1) is 15.3. The number of halogens is 1. The minimum atomic E-state index is -0.689. The summed E-state index contributed by atoms with van der Waals surface area (Å²) >= 11 is 6.37. The van der Waals surface area contributed by atoms with E-state index in [0.717, 1.165) is 30.7 Å². The molecule has 1 aliphatic carbocycles. The third-order valence-electron chi connectivity index (χ3n) is 6.08. The molecule has 2 heterocycles. The Bertz CT molecular complexity index is 1040. The zero-order valence-electron chi connectivity index (χ0n) is 18.7. The summed E-state index contributed by atoms with van der Waals surface area (Å²) in [6.07, 6.45) is 3.69. The number of aryl methyl sites for hydroxylation is 1. The number of fused-ring (bicyclic) bond motifs is 1. The van der Waals surface area contributed by atoms with Gasteiger partial charge in [-0.3, -0.25) is 9.69 Å². The first-order valence-corrected chi connectivity index (χ1v) is 11.4. The predicted molar refractivity (Wildman–Crippen MR) is 124 cm³/mol. The number of allylic oxidation sites excluding steroid dienone is 1. The van der Waals surface area contributed by atoms with E-state index in [4.69, 9.17) is 26.2 Å². The zero-order valence-corrected chi connectivity index (χ0v) is 19.5. The molecule has 170 valence electrons. The molecular formula is C25H29ClN2O4. The number of aliphatic carboxylic acids is 1. The van der Waals surface area contributed by atoms with Gasteiger partial charge in [0, 0.05) is 37.5 Å². The van der Waals surface area contributed by atoms with Gasteiger partial charge in [0.25, 0.3) is 0 Å². The number of carbonyl (C=O) groups is 1. The maximum atomic E-state index is 11.0. The fraction of sp³-hybridized carbons (Fsp3) is 0.440. The summed E-state index contributed by atoms with van der Waals surface area (Å²) < 4.78 is 11.6. The SMILES string of the molecule is CC1=C(CN2CC(C(=O)O)C2)CCc2cc(OCc3cnc(OC(C)C)cc3Cl)ccc21. The van der Waals surface area contributed by atoms with E-state index in [9.17, 15) is 4.79 Å². The average molecular weight is 457 g/mol. The van der Waals surface area contributed by atoms with E-state index in [2.05, 4.69) is 28.9 Å². The molecule has 0 unspecified atom stereocenters. The average Bonchev–Trinajstić information content (AvgIpc) is 2.70. The second-order valence-corrected chi connectivity index (χ2v) is 9.25. The van der Waals surface area contributed by atoms with Crippen molar-refractivity contribution in [1.29, 1.82) is 0 Å². The fourth-order valence-corrected chi connectivity index (χ4v) is 4.43. The molecule has 32 heavy (non-hydrogen) atoms. The molecule has 4 rings (SSSR count). The van der Waals surface area contributed by atoms with Gasteiger partial charge in [0.15, 0.2) is 0 Å². The maximum Gasteiger partial charge on any atom is 0.309 e. The number of aromatic nitrogens is 1. The molecule has 0 spiro atoms. The van der Waals surface area contributed by atoms with Crippen molar-refractivity contribution in [1.82, 2.24) is 9.88 Å². The Labute approximate surface area is 193 Å². The summed E-state index contributed by atoms with van der Waals surface area (Å²) in [6, 6.07) is 7.94. The summed E-state index contributed by atoms with van der Waals surface area (Å²) in [6.45, 7) is 8.54. The van der Waals surface area contributed by atoms with Crippen LogP contribution in [-0.4, -0.2) is 46.7 Å². The predicted octanol–water partition coefficient (Wildman–Crippen LogP) is 4.84. The molecule has 1 fully saturated rings. The Morgan fingerprint density at radius 3 is 2.75 bits per heavy atom. The highest BCUT2D eigenvalue weighted by Gasteiger charge is 2.33. The second kappa shape index (κ2) is 9.51.